The Morgan fingerprint density at radius 1 is 0.458 bits per heavy atom. The first-order valence-electron chi connectivity index (χ1n) is 11.0. The Morgan fingerprint density at radius 2 is 0.688 bits per heavy atom. The molecule has 0 rings (SSSR count). The van der Waals surface area contributed by atoms with Crippen molar-refractivity contribution in [1.29, 1.82) is 0 Å². The number of nitrogens with one attached hydrogen (secondary N) is 1. The molecule has 0 bridgehead atoms. The molecule has 0 radical (unpaired) electrons. The van der Waals surface area contributed by atoms with E-state index in [0.717, 1.165) is 14.1 Å². The second kappa shape index (κ2) is 11.8. The SMILES string of the molecule is C[N+](C)(O)CCCNS(=O)(=O)C(F)(F)C(F)(F)C(F)(F)C(F)(F)C(F)(F)C(F)(F)C(F)(F)C(F)(F)C(F)(F)C(F)(F)C(F)(F)C(F)(F)F. The molecule has 0 aromatic rings. The fourth-order valence-corrected chi connectivity index (χ4v) is 3.93. The quantitative estimate of drug-likeness (QED) is 0.0748. The van der Waals surface area contributed by atoms with E-state index in [4.69, 9.17) is 0 Å². The van der Waals surface area contributed by atoms with Crippen LogP contribution in [0.3, 0.4) is 0 Å². The minimum Gasteiger partial charge on any atom is -0.217 e. The fraction of sp³-hybridized carbons (Fsp3) is 1.00. The van der Waals surface area contributed by atoms with Gasteiger partial charge in [-0.25, -0.2) is 18.3 Å². The molecule has 31 heteroatoms. The van der Waals surface area contributed by atoms with E-state index < -0.39 is 105 Å². The van der Waals surface area contributed by atoms with Gasteiger partial charge in [0.2, 0.25) is 0 Å². The lowest BCUT2D eigenvalue weighted by molar-refractivity contribution is -1.07. The van der Waals surface area contributed by atoms with Crippen molar-refractivity contribution in [2.75, 3.05) is 27.2 Å². The Morgan fingerprint density at radius 3 is 0.917 bits per heavy atom. The van der Waals surface area contributed by atoms with Crippen LogP contribution in [0.4, 0.5) is 110 Å². The predicted molar refractivity (Wildman–Crippen MR) is 101 cm³/mol. The number of nitrogens with zero attached hydrogens (tertiary/aromatic N) is 1. The molecule has 0 saturated carbocycles. The third kappa shape index (κ3) is 6.18. The number of rotatable bonds is 16. The third-order valence-corrected chi connectivity index (χ3v) is 7.30. The normalized spacial score (nSPS) is 16.8. The molecule has 5 nitrogen and oxygen atoms in total. The van der Waals surface area contributed by atoms with Crippen molar-refractivity contribution in [2.24, 2.45) is 0 Å². The van der Waals surface area contributed by atoms with Gasteiger partial charge in [0.05, 0.1) is 14.1 Å². The molecule has 0 aromatic carbocycles. The van der Waals surface area contributed by atoms with Crippen LogP contribution in [0.2, 0.25) is 0 Å². The average Bonchev–Trinajstić information content (AvgIpc) is 2.83. The van der Waals surface area contributed by atoms with Crippen LogP contribution in [-0.2, 0) is 10.0 Å². The smallest absolute Gasteiger partial charge is 0.217 e. The van der Waals surface area contributed by atoms with Crippen molar-refractivity contribution in [3.63, 3.8) is 0 Å². The Kier molecular flexibility index (Phi) is 11.3. The number of halogens is 25. The molecule has 2 N–H and O–H groups in total. The molecule has 290 valence electrons. The van der Waals surface area contributed by atoms with Crippen molar-refractivity contribution >= 4 is 10.0 Å². The second-order valence-corrected chi connectivity index (χ2v) is 11.7. The second-order valence-electron chi connectivity index (χ2n) is 9.85. The van der Waals surface area contributed by atoms with Crippen molar-refractivity contribution in [3.8, 4) is 0 Å². The van der Waals surface area contributed by atoms with Crippen LogP contribution in [-0.4, -0.2) is 116 Å². The molecule has 0 aliphatic carbocycles. The summed E-state index contributed by atoms with van der Waals surface area (Å²) in [6.07, 6.45) is -9.18. The third-order valence-electron chi connectivity index (χ3n) is 5.78. The average molecular weight is 801 g/mol. The Hall–Kier alpha value is -1.92. The summed E-state index contributed by atoms with van der Waals surface area (Å²) >= 11 is 0. The molecule has 0 aliphatic heterocycles. The topological polar surface area (TPSA) is 66.4 Å². The van der Waals surface area contributed by atoms with Crippen LogP contribution < -0.4 is 4.72 Å². The first-order valence-corrected chi connectivity index (χ1v) is 12.5. The Bertz CT molecular complexity index is 1270. The molecule has 0 aromatic heterocycles. The molecule has 0 spiro atoms. The van der Waals surface area contributed by atoms with E-state index in [2.05, 4.69) is 0 Å². The summed E-state index contributed by atoms with van der Waals surface area (Å²) < 4.78 is 358. The van der Waals surface area contributed by atoms with E-state index in [0.29, 0.717) is 0 Å². The number of quaternary nitrogens is 1. The summed E-state index contributed by atoms with van der Waals surface area (Å²) in [7, 11) is -5.93. The highest BCUT2D eigenvalue weighted by Gasteiger charge is 3.00. The predicted octanol–water partition coefficient (Wildman–Crippen LogP) is 7.27. The molecule has 0 amide bonds. The van der Waals surface area contributed by atoms with Gasteiger partial charge in [0.15, 0.2) is 0 Å². The highest BCUT2D eigenvalue weighted by Crippen LogP contribution is 2.68. The lowest BCUT2D eigenvalue weighted by atomic mass is 9.85. The fourth-order valence-electron chi connectivity index (χ4n) is 2.87. The molecule has 0 atom stereocenters. The van der Waals surface area contributed by atoms with Gasteiger partial charge in [0.25, 0.3) is 10.0 Å². The summed E-state index contributed by atoms with van der Waals surface area (Å²) in [6.45, 7) is -2.39. The van der Waals surface area contributed by atoms with Crippen molar-refractivity contribution in [3.05, 3.63) is 0 Å². The maximum Gasteiger partial charge on any atom is 0.460 e. The van der Waals surface area contributed by atoms with Gasteiger partial charge in [-0.15, -0.1) is 0 Å². The van der Waals surface area contributed by atoms with Crippen molar-refractivity contribution in [1.82, 2.24) is 4.72 Å². The van der Waals surface area contributed by atoms with Crippen LogP contribution in [0.25, 0.3) is 0 Å². The van der Waals surface area contributed by atoms with Gasteiger partial charge in [-0.3, -0.25) is 0 Å². The van der Waals surface area contributed by atoms with Gasteiger partial charge in [0, 0.05) is 13.0 Å². The lowest BCUT2D eigenvalue weighted by Crippen LogP contribution is -2.78. The molecule has 0 fully saturated rings. The van der Waals surface area contributed by atoms with Crippen molar-refractivity contribution < 1.29 is 128 Å². The lowest BCUT2D eigenvalue weighted by Gasteiger charge is -2.45. The maximum absolute atomic E-state index is 14.0. The molecule has 0 heterocycles. The standard InChI is InChI=1S/C17H14F25N2O3S/c1-44(2,45)5-3-4-43-48(46,47)17(41,42)15(36,37)13(32,33)11(28,29)9(24,25)7(20,21)6(18,19)8(22,23)10(26,27)12(30,31)14(34,35)16(38,39)40/h43,45H,3-5H2,1-2H3/q+1. The largest absolute Gasteiger partial charge is 0.460 e. The molecular formula is C17H14F25N2O3S+. The minimum absolute atomic E-state index is 0.260. The first kappa shape index (κ1) is 46.1. The summed E-state index contributed by atoms with van der Waals surface area (Å²) in [5.74, 6) is -93.7. The number of hydrogen-bond donors (Lipinski definition) is 2. The van der Waals surface area contributed by atoms with E-state index in [1.165, 1.54) is 0 Å². The van der Waals surface area contributed by atoms with E-state index in [1.807, 2.05) is 0 Å². The Labute approximate surface area is 248 Å². The van der Waals surface area contributed by atoms with E-state index in [-0.39, 0.29) is 4.72 Å². The molecular weight excluding hydrogens is 787 g/mol. The van der Waals surface area contributed by atoms with Gasteiger partial charge in [-0.05, 0) is 0 Å². The molecule has 0 unspecified atom stereocenters. The van der Waals surface area contributed by atoms with Gasteiger partial charge in [-0.1, -0.05) is 0 Å². The zero-order chi connectivity index (χ0) is 39.8. The summed E-state index contributed by atoms with van der Waals surface area (Å²) in [5, 5.41) is 1.29. The maximum atomic E-state index is 14.0. The first-order chi connectivity index (χ1) is 20.2. The minimum atomic E-state index is -9.75. The van der Waals surface area contributed by atoms with Crippen molar-refractivity contribution in [2.45, 2.75) is 77.1 Å². The summed E-state index contributed by atoms with van der Waals surface area (Å²) in [6, 6.07) is 0. The van der Waals surface area contributed by atoms with Crippen LogP contribution in [0, 0.1) is 0 Å². The molecule has 48 heavy (non-hydrogen) atoms. The monoisotopic (exact) mass is 801 g/mol. The van der Waals surface area contributed by atoms with Crippen LogP contribution in [0.5, 0.6) is 0 Å². The van der Waals surface area contributed by atoms with Crippen LogP contribution in [0.15, 0.2) is 0 Å². The Balaban J connectivity index is 7.21. The highest BCUT2D eigenvalue weighted by atomic mass is 32.2. The van der Waals surface area contributed by atoms with Gasteiger partial charge in [-0.2, -0.15) is 114 Å². The van der Waals surface area contributed by atoms with Gasteiger partial charge >= 0.3 is 70.7 Å². The zero-order valence-electron chi connectivity index (χ0n) is 22.2. The van der Waals surface area contributed by atoms with E-state index in [1.54, 1.807) is 0 Å². The molecule has 0 saturated heterocycles. The van der Waals surface area contributed by atoms with Crippen LogP contribution in [0.1, 0.15) is 6.42 Å². The number of sulfonamides is 1. The number of alkyl halides is 25. The zero-order valence-corrected chi connectivity index (χ0v) is 23.0. The van der Waals surface area contributed by atoms with E-state index in [9.17, 15) is 123 Å². The van der Waals surface area contributed by atoms with Gasteiger partial charge in [0.1, 0.15) is 6.54 Å². The molecule has 0 aliphatic rings. The number of hydroxylamine groups is 3. The van der Waals surface area contributed by atoms with E-state index >= 15 is 0 Å². The summed E-state index contributed by atoms with van der Waals surface area (Å²) in [4.78, 5) is 0. The summed E-state index contributed by atoms with van der Waals surface area (Å²) in [5.41, 5.74) is 0. The highest BCUT2D eigenvalue weighted by molar-refractivity contribution is 7.90. The van der Waals surface area contributed by atoms with Crippen LogP contribution >= 0.6 is 0 Å². The van der Waals surface area contributed by atoms with Gasteiger partial charge < -0.3 is 0 Å². The number of hydrogen-bond acceptors (Lipinski definition) is 3.